The summed E-state index contributed by atoms with van der Waals surface area (Å²) in [4.78, 5) is 40.0. The van der Waals surface area contributed by atoms with Crippen molar-refractivity contribution >= 4 is 46.6 Å². The first-order valence-electron chi connectivity index (χ1n) is 9.20. The number of anilines is 1. The van der Waals surface area contributed by atoms with Crippen LogP contribution in [-0.2, 0) is 14.4 Å². The quantitative estimate of drug-likeness (QED) is 0.620. The van der Waals surface area contributed by atoms with Crippen molar-refractivity contribution < 1.29 is 14.4 Å². The third-order valence-electron chi connectivity index (χ3n) is 6.67. The van der Waals surface area contributed by atoms with Crippen LogP contribution < -0.4 is 5.32 Å². The normalized spacial score (nSPS) is 36.5. The number of carbonyl (C=O) groups is 3. The summed E-state index contributed by atoms with van der Waals surface area (Å²) in [6.45, 7) is 1.58. The Morgan fingerprint density at radius 3 is 2.30 bits per heavy atom. The molecular formula is C20H18Cl2N2O3. The van der Waals surface area contributed by atoms with Crippen LogP contribution in [0.5, 0.6) is 0 Å². The van der Waals surface area contributed by atoms with Gasteiger partial charge in [-0.2, -0.15) is 0 Å². The van der Waals surface area contributed by atoms with Gasteiger partial charge in [-0.15, -0.1) is 0 Å². The molecule has 5 aliphatic rings. The largest absolute Gasteiger partial charge is 0.323 e. The maximum atomic E-state index is 13.1. The number of carbonyl (C=O) groups excluding carboxylic acids is 3. The zero-order chi connectivity index (χ0) is 19.0. The summed E-state index contributed by atoms with van der Waals surface area (Å²) in [7, 11) is 0. The smallest absolute Gasteiger partial charge is 0.247 e. The van der Waals surface area contributed by atoms with Crippen LogP contribution >= 0.6 is 23.2 Å². The van der Waals surface area contributed by atoms with E-state index in [1.165, 1.54) is 4.90 Å². The average molecular weight is 405 g/mol. The number of benzene rings is 1. The molecule has 3 amide bonds. The first-order valence-corrected chi connectivity index (χ1v) is 9.96. The second-order valence-corrected chi connectivity index (χ2v) is 8.75. The van der Waals surface area contributed by atoms with E-state index < -0.39 is 11.9 Å². The van der Waals surface area contributed by atoms with Gasteiger partial charge in [0.25, 0.3) is 0 Å². The summed E-state index contributed by atoms with van der Waals surface area (Å²) in [5.74, 6) is -0.135. The van der Waals surface area contributed by atoms with E-state index in [2.05, 4.69) is 17.5 Å². The first-order chi connectivity index (χ1) is 12.9. The summed E-state index contributed by atoms with van der Waals surface area (Å²) in [6, 6.07) is 4.02. The molecule has 0 radical (unpaired) electrons. The zero-order valence-corrected chi connectivity index (χ0v) is 16.1. The minimum absolute atomic E-state index is 0.143. The molecule has 140 valence electrons. The lowest BCUT2D eigenvalue weighted by Crippen LogP contribution is -2.46. The number of imide groups is 1. The maximum absolute atomic E-state index is 13.1. The SMILES string of the molecule is C[C@H](C(=O)Nc1cccc(Cl)c1Cl)N1C(=O)[C@@H]2[C@H]3C=C[C@@H]([C@@H]4C[C@@H]34)[C@@H]2C1=O. The number of nitrogens with zero attached hydrogens (tertiary/aromatic N) is 1. The van der Waals surface area contributed by atoms with Crippen LogP contribution in [0.3, 0.4) is 0 Å². The molecule has 4 aliphatic carbocycles. The van der Waals surface area contributed by atoms with E-state index in [-0.39, 0.29) is 40.5 Å². The Labute approximate surface area is 166 Å². The lowest BCUT2D eigenvalue weighted by atomic mass is 9.63. The summed E-state index contributed by atoms with van der Waals surface area (Å²) in [6.07, 6.45) is 5.34. The third kappa shape index (κ3) is 2.34. The number of halogens is 2. The number of allylic oxidation sites excluding steroid dienone is 2. The summed E-state index contributed by atoms with van der Waals surface area (Å²) < 4.78 is 0. The summed E-state index contributed by atoms with van der Waals surface area (Å²) in [5.41, 5.74) is 0.362. The molecule has 1 aromatic carbocycles. The minimum atomic E-state index is -0.902. The second kappa shape index (κ2) is 5.82. The molecule has 0 spiro atoms. The third-order valence-corrected chi connectivity index (χ3v) is 7.49. The van der Waals surface area contributed by atoms with Gasteiger partial charge in [0.2, 0.25) is 17.7 Å². The molecule has 7 heteroatoms. The van der Waals surface area contributed by atoms with Gasteiger partial charge < -0.3 is 5.32 Å². The Balaban J connectivity index is 1.39. The van der Waals surface area contributed by atoms with E-state index in [0.717, 1.165) is 6.42 Å². The van der Waals surface area contributed by atoms with Crippen molar-refractivity contribution in [3.05, 3.63) is 40.4 Å². The van der Waals surface area contributed by atoms with Gasteiger partial charge in [-0.05, 0) is 49.1 Å². The monoisotopic (exact) mass is 404 g/mol. The van der Waals surface area contributed by atoms with Gasteiger partial charge >= 0.3 is 0 Å². The number of likely N-dealkylation sites (tertiary alicyclic amines) is 1. The van der Waals surface area contributed by atoms with E-state index in [9.17, 15) is 14.4 Å². The fourth-order valence-corrected chi connectivity index (χ4v) is 5.66. The van der Waals surface area contributed by atoms with E-state index in [1.807, 2.05) is 0 Å². The molecule has 27 heavy (non-hydrogen) atoms. The van der Waals surface area contributed by atoms with E-state index in [4.69, 9.17) is 23.2 Å². The van der Waals surface area contributed by atoms with Crippen LogP contribution in [-0.4, -0.2) is 28.7 Å². The van der Waals surface area contributed by atoms with Crippen LogP contribution in [0.25, 0.3) is 0 Å². The molecule has 5 nitrogen and oxygen atoms in total. The van der Waals surface area contributed by atoms with Crippen molar-refractivity contribution in [2.75, 3.05) is 5.32 Å². The molecule has 2 saturated carbocycles. The highest BCUT2D eigenvalue weighted by Gasteiger charge is 2.67. The van der Waals surface area contributed by atoms with Gasteiger partial charge in [0.1, 0.15) is 6.04 Å². The summed E-state index contributed by atoms with van der Waals surface area (Å²) >= 11 is 12.1. The minimum Gasteiger partial charge on any atom is -0.323 e. The number of amides is 3. The average Bonchev–Trinajstić information content (AvgIpc) is 3.42. The lowest BCUT2D eigenvalue weighted by molar-refractivity contribution is -0.146. The lowest BCUT2D eigenvalue weighted by Gasteiger charge is -2.37. The van der Waals surface area contributed by atoms with Crippen molar-refractivity contribution in [2.24, 2.45) is 35.5 Å². The molecular weight excluding hydrogens is 387 g/mol. The number of nitrogens with one attached hydrogen (secondary N) is 1. The van der Waals surface area contributed by atoms with E-state index >= 15 is 0 Å². The van der Waals surface area contributed by atoms with Gasteiger partial charge in [0.15, 0.2) is 0 Å². The van der Waals surface area contributed by atoms with Crippen LogP contribution in [0, 0.1) is 35.5 Å². The number of hydrogen-bond acceptors (Lipinski definition) is 3. The van der Waals surface area contributed by atoms with Gasteiger partial charge in [-0.25, -0.2) is 0 Å². The van der Waals surface area contributed by atoms with Crippen LogP contribution in [0.1, 0.15) is 13.3 Å². The highest BCUT2D eigenvalue weighted by molar-refractivity contribution is 6.44. The maximum Gasteiger partial charge on any atom is 0.247 e. The number of rotatable bonds is 3. The van der Waals surface area contributed by atoms with Crippen molar-refractivity contribution in [1.82, 2.24) is 4.90 Å². The molecule has 6 rings (SSSR count). The molecule has 1 aliphatic heterocycles. The second-order valence-electron chi connectivity index (χ2n) is 7.97. The van der Waals surface area contributed by atoms with E-state index in [0.29, 0.717) is 22.5 Å². The van der Waals surface area contributed by atoms with Crippen LogP contribution in [0.4, 0.5) is 5.69 Å². The Kier molecular flexibility index (Phi) is 3.72. The molecule has 0 aromatic heterocycles. The molecule has 1 aromatic rings. The fourth-order valence-electron chi connectivity index (χ4n) is 5.32. The predicted octanol–water partition coefficient (Wildman–Crippen LogP) is 3.37. The standard InChI is InChI=1S/C20H18Cl2N2O3/c1-8(18(25)23-14-4-2-3-13(21)17(14)22)24-19(26)15-9-5-6-10(12-7-11(9)12)16(15)20(24)27/h2-6,8-12,15-16H,7H2,1H3,(H,23,25)/t8-,9+,10+,11+,12+,15-,16+/m1/s1. The summed E-state index contributed by atoms with van der Waals surface area (Å²) in [5, 5.41) is 3.24. The van der Waals surface area contributed by atoms with Gasteiger partial charge in [-0.3, -0.25) is 19.3 Å². The van der Waals surface area contributed by atoms with Crippen molar-refractivity contribution in [1.29, 1.82) is 0 Å². The van der Waals surface area contributed by atoms with Crippen molar-refractivity contribution in [3.63, 3.8) is 0 Å². The first kappa shape index (κ1) is 17.3. The van der Waals surface area contributed by atoms with Crippen molar-refractivity contribution in [3.8, 4) is 0 Å². The molecule has 2 bridgehead atoms. The van der Waals surface area contributed by atoms with Crippen LogP contribution in [0.2, 0.25) is 10.0 Å². The van der Waals surface area contributed by atoms with Gasteiger partial charge in [0, 0.05) is 0 Å². The molecule has 7 atom stereocenters. The zero-order valence-electron chi connectivity index (χ0n) is 14.6. The predicted molar refractivity (Wildman–Crippen MR) is 101 cm³/mol. The van der Waals surface area contributed by atoms with Gasteiger partial charge in [0.05, 0.1) is 27.6 Å². The Hall–Kier alpha value is -1.85. The van der Waals surface area contributed by atoms with Crippen LogP contribution in [0.15, 0.2) is 30.4 Å². The van der Waals surface area contributed by atoms with Crippen molar-refractivity contribution in [2.45, 2.75) is 19.4 Å². The highest BCUT2D eigenvalue weighted by Crippen LogP contribution is 2.65. The van der Waals surface area contributed by atoms with Gasteiger partial charge in [-0.1, -0.05) is 41.4 Å². The Morgan fingerprint density at radius 2 is 1.70 bits per heavy atom. The molecule has 3 fully saturated rings. The molecule has 0 unspecified atom stereocenters. The Bertz CT molecular complexity index is 878. The van der Waals surface area contributed by atoms with E-state index in [1.54, 1.807) is 25.1 Å². The highest BCUT2D eigenvalue weighted by atomic mass is 35.5. The molecule has 1 heterocycles. The molecule has 1 N–H and O–H groups in total. The topological polar surface area (TPSA) is 66.5 Å². The molecule has 1 saturated heterocycles. The fraction of sp³-hybridized carbons (Fsp3) is 0.450. The number of hydrogen-bond donors (Lipinski definition) is 1. The Morgan fingerprint density at radius 1 is 1.11 bits per heavy atom.